The van der Waals surface area contributed by atoms with Crippen molar-refractivity contribution in [1.29, 1.82) is 0 Å². The molecule has 0 aromatic rings. The van der Waals surface area contributed by atoms with Crippen LogP contribution in [0.5, 0.6) is 0 Å². The van der Waals surface area contributed by atoms with E-state index in [0.717, 1.165) is 45.7 Å². The maximum absolute atomic E-state index is 12.2. The molecular formula is C20H40IN5O3S. The summed E-state index contributed by atoms with van der Waals surface area (Å²) in [4.78, 5) is 6.89. The normalized spacial score (nSPS) is 23.3. The van der Waals surface area contributed by atoms with E-state index < -0.39 is 10.0 Å². The largest absolute Gasteiger partial charge is 0.379 e. The van der Waals surface area contributed by atoms with E-state index in [1.165, 1.54) is 38.5 Å². The second-order valence-electron chi connectivity index (χ2n) is 8.70. The first kappa shape index (κ1) is 26.1. The van der Waals surface area contributed by atoms with Crippen molar-refractivity contribution in [2.24, 2.45) is 10.9 Å². The average Bonchev–Trinajstić information content (AvgIpc) is 2.70. The molecule has 8 nitrogen and oxygen atoms in total. The van der Waals surface area contributed by atoms with Crippen LogP contribution in [-0.4, -0.2) is 83.6 Å². The van der Waals surface area contributed by atoms with Gasteiger partial charge in [-0.3, -0.25) is 9.89 Å². The van der Waals surface area contributed by atoms with Gasteiger partial charge in [0.2, 0.25) is 10.0 Å². The van der Waals surface area contributed by atoms with Gasteiger partial charge in [0.15, 0.2) is 5.96 Å². The van der Waals surface area contributed by atoms with Crippen LogP contribution in [0, 0.1) is 5.92 Å². The molecule has 0 amide bonds. The lowest BCUT2D eigenvalue weighted by atomic mass is 9.80. The van der Waals surface area contributed by atoms with Crippen molar-refractivity contribution < 1.29 is 13.2 Å². The second kappa shape index (κ2) is 12.8. The summed E-state index contributed by atoms with van der Waals surface area (Å²) in [5.74, 6) is 1.27. The average molecular weight is 558 g/mol. The molecule has 3 fully saturated rings. The van der Waals surface area contributed by atoms with Gasteiger partial charge in [-0.1, -0.05) is 25.7 Å². The van der Waals surface area contributed by atoms with E-state index in [-0.39, 0.29) is 35.3 Å². The topological polar surface area (TPSA) is 95.1 Å². The Morgan fingerprint density at radius 3 is 2.40 bits per heavy atom. The first-order valence-electron chi connectivity index (χ1n) is 11.3. The number of hydrogen-bond donors (Lipinski definition) is 3. The number of halogens is 1. The van der Waals surface area contributed by atoms with Crippen LogP contribution in [0.1, 0.15) is 51.4 Å². The van der Waals surface area contributed by atoms with Crippen LogP contribution in [0.4, 0.5) is 0 Å². The predicted octanol–water partition coefficient (Wildman–Crippen LogP) is 1.52. The Hall–Kier alpha value is -0.170. The molecule has 0 atom stereocenters. The Kier molecular flexibility index (Phi) is 11.1. The molecule has 10 heteroatoms. The predicted molar refractivity (Wildman–Crippen MR) is 132 cm³/mol. The van der Waals surface area contributed by atoms with Crippen molar-refractivity contribution in [3.05, 3.63) is 0 Å². The molecule has 0 radical (unpaired) electrons. The highest BCUT2D eigenvalue weighted by atomic mass is 127. The number of aliphatic imine (C=N–C) groups is 1. The van der Waals surface area contributed by atoms with Gasteiger partial charge in [-0.15, -0.1) is 24.0 Å². The molecule has 1 heterocycles. The van der Waals surface area contributed by atoms with Crippen molar-refractivity contribution in [2.45, 2.75) is 56.9 Å². The third kappa shape index (κ3) is 7.75. The lowest BCUT2D eigenvalue weighted by Crippen LogP contribution is -2.60. The zero-order valence-corrected chi connectivity index (χ0v) is 21.5. The van der Waals surface area contributed by atoms with Crippen molar-refractivity contribution in [3.8, 4) is 0 Å². The number of nitrogens with one attached hydrogen (secondary N) is 3. The van der Waals surface area contributed by atoms with E-state index >= 15 is 0 Å². The standard InChI is InChI=1S/C20H39N5O3S.HI/c1-21-19(22-10-15-29(26,27)24-16-18-6-5-7-18)23-17-20(8-3-2-4-9-20)25-11-13-28-14-12-25;/h18,24H,2-17H2,1H3,(H2,21,22,23);1H. The summed E-state index contributed by atoms with van der Waals surface area (Å²) >= 11 is 0. The van der Waals surface area contributed by atoms with Crippen LogP contribution in [0.25, 0.3) is 0 Å². The number of guanidine groups is 1. The highest BCUT2D eigenvalue weighted by Crippen LogP contribution is 2.33. The first-order valence-corrected chi connectivity index (χ1v) is 12.9. The maximum Gasteiger partial charge on any atom is 0.213 e. The lowest BCUT2D eigenvalue weighted by Gasteiger charge is -2.48. The highest BCUT2D eigenvalue weighted by Gasteiger charge is 2.38. The molecule has 176 valence electrons. The van der Waals surface area contributed by atoms with E-state index in [4.69, 9.17) is 4.74 Å². The van der Waals surface area contributed by atoms with Gasteiger partial charge < -0.3 is 15.4 Å². The first-order chi connectivity index (χ1) is 14.0. The Bertz CT molecular complexity index is 630. The van der Waals surface area contributed by atoms with Crippen molar-refractivity contribution in [2.75, 3.05) is 58.7 Å². The fraction of sp³-hybridized carbons (Fsp3) is 0.950. The van der Waals surface area contributed by atoms with Gasteiger partial charge in [0.25, 0.3) is 0 Å². The molecule has 30 heavy (non-hydrogen) atoms. The minimum Gasteiger partial charge on any atom is -0.379 e. The molecule has 2 saturated carbocycles. The summed E-state index contributed by atoms with van der Waals surface area (Å²) in [6, 6.07) is 0. The zero-order valence-electron chi connectivity index (χ0n) is 18.3. The Balaban J connectivity index is 0.00000320. The van der Waals surface area contributed by atoms with Gasteiger partial charge >= 0.3 is 0 Å². The van der Waals surface area contributed by atoms with Gasteiger partial charge in [-0.2, -0.15) is 0 Å². The zero-order chi connectivity index (χ0) is 20.6. The summed E-state index contributed by atoms with van der Waals surface area (Å²) in [5.41, 5.74) is 0.149. The van der Waals surface area contributed by atoms with Crippen LogP contribution in [0.3, 0.4) is 0 Å². The third-order valence-corrected chi connectivity index (χ3v) is 8.10. The van der Waals surface area contributed by atoms with Crippen LogP contribution < -0.4 is 15.4 Å². The molecule has 2 aliphatic carbocycles. The number of sulfonamides is 1. The van der Waals surface area contributed by atoms with Crippen LogP contribution in [0.2, 0.25) is 0 Å². The minimum atomic E-state index is -3.24. The van der Waals surface area contributed by atoms with Crippen molar-refractivity contribution in [3.63, 3.8) is 0 Å². The van der Waals surface area contributed by atoms with Gasteiger partial charge in [-0.25, -0.2) is 13.1 Å². The Morgan fingerprint density at radius 1 is 1.10 bits per heavy atom. The van der Waals surface area contributed by atoms with Crippen LogP contribution in [-0.2, 0) is 14.8 Å². The second-order valence-corrected chi connectivity index (χ2v) is 10.6. The van der Waals surface area contributed by atoms with Crippen molar-refractivity contribution >= 4 is 40.0 Å². The van der Waals surface area contributed by atoms with Gasteiger partial charge in [0, 0.05) is 45.3 Å². The summed E-state index contributed by atoms with van der Waals surface area (Å²) in [6.07, 6.45) is 9.72. The molecular weight excluding hydrogens is 517 g/mol. The van der Waals surface area contributed by atoms with E-state index in [0.29, 0.717) is 25.0 Å². The van der Waals surface area contributed by atoms with Gasteiger partial charge in [-0.05, 0) is 31.6 Å². The molecule has 0 spiro atoms. The lowest BCUT2D eigenvalue weighted by molar-refractivity contribution is -0.0352. The number of nitrogens with zero attached hydrogens (tertiary/aromatic N) is 2. The molecule has 0 unspecified atom stereocenters. The molecule has 0 aromatic heterocycles. The number of rotatable bonds is 9. The van der Waals surface area contributed by atoms with Crippen LogP contribution >= 0.6 is 24.0 Å². The molecule has 1 aliphatic heterocycles. The summed E-state index contributed by atoms with van der Waals surface area (Å²) < 4.78 is 32.6. The van der Waals surface area contributed by atoms with E-state index in [1.807, 2.05) is 0 Å². The molecule has 1 saturated heterocycles. The fourth-order valence-electron chi connectivity index (χ4n) is 4.64. The van der Waals surface area contributed by atoms with E-state index in [1.54, 1.807) is 7.05 Å². The monoisotopic (exact) mass is 557 g/mol. The summed E-state index contributed by atoms with van der Waals surface area (Å²) in [7, 11) is -1.50. The smallest absolute Gasteiger partial charge is 0.213 e. The summed E-state index contributed by atoms with van der Waals surface area (Å²) in [5, 5.41) is 6.65. The van der Waals surface area contributed by atoms with Gasteiger partial charge in [0.1, 0.15) is 0 Å². The number of ether oxygens (including phenoxy) is 1. The molecule has 3 rings (SSSR count). The summed E-state index contributed by atoms with van der Waals surface area (Å²) in [6.45, 7) is 5.35. The maximum atomic E-state index is 12.2. The SMILES string of the molecule is CN=C(NCCS(=O)(=O)NCC1CCC1)NCC1(N2CCOCC2)CCCCC1.I. The highest BCUT2D eigenvalue weighted by molar-refractivity contribution is 14.0. The molecule has 3 aliphatic rings. The minimum absolute atomic E-state index is 0. The van der Waals surface area contributed by atoms with Gasteiger partial charge in [0.05, 0.1) is 19.0 Å². The Morgan fingerprint density at radius 2 is 1.80 bits per heavy atom. The molecule has 0 bridgehead atoms. The van der Waals surface area contributed by atoms with E-state index in [9.17, 15) is 8.42 Å². The van der Waals surface area contributed by atoms with Crippen molar-refractivity contribution in [1.82, 2.24) is 20.3 Å². The molecule has 0 aromatic carbocycles. The fourth-order valence-corrected chi connectivity index (χ4v) is 5.64. The number of hydrogen-bond acceptors (Lipinski definition) is 5. The van der Waals surface area contributed by atoms with E-state index in [2.05, 4.69) is 25.2 Å². The third-order valence-electron chi connectivity index (χ3n) is 6.75. The quantitative estimate of drug-likeness (QED) is 0.226. The number of morpholine rings is 1. The van der Waals surface area contributed by atoms with Crippen LogP contribution in [0.15, 0.2) is 4.99 Å². The molecule has 3 N–H and O–H groups in total. The Labute approximate surface area is 199 Å².